The molecule has 4 nitrogen and oxygen atoms in total. The van der Waals surface area contributed by atoms with Gasteiger partial charge in [-0.05, 0) is 32.4 Å². The summed E-state index contributed by atoms with van der Waals surface area (Å²) in [4.78, 5) is 8.37. The first kappa shape index (κ1) is 11.6. The van der Waals surface area contributed by atoms with Crippen LogP contribution in [0.1, 0.15) is 17.8 Å². The number of aromatic nitrogens is 3. The highest BCUT2D eigenvalue weighted by molar-refractivity contribution is 5.44. The van der Waals surface area contributed by atoms with Crippen LogP contribution in [0, 0.1) is 13.8 Å². The topological polar surface area (TPSA) is 42.7 Å². The summed E-state index contributed by atoms with van der Waals surface area (Å²) in [5.74, 6) is 0. The van der Waals surface area contributed by atoms with Gasteiger partial charge in [-0.15, -0.1) is 0 Å². The van der Waals surface area contributed by atoms with Crippen LogP contribution in [0.15, 0.2) is 30.9 Å². The van der Waals surface area contributed by atoms with Gasteiger partial charge in [-0.25, -0.2) is 4.98 Å². The Morgan fingerprint density at radius 3 is 2.65 bits per heavy atom. The minimum Gasteiger partial charge on any atom is -0.385 e. The molecule has 0 unspecified atom stereocenters. The average Bonchev–Trinajstić information content (AvgIpc) is 2.76. The Morgan fingerprint density at radius 1 is 1.24 bits per heavy atom. The highest BCUT2D eigenvalue weighted by atomic mass is 15.0. The molecule has 0 bridgehead atoms. The van der Waals surface area contributed by atoms with Crippen molar-refractivity contribution >= 4 is 5.69 Å². The number of nitrogens with one attached hydrogen (secondary N) is 1. The van der Waals surface area contributed by atoms with Crippen molar-refractivity contribution in [2.24, 2.45) is 0 Å². The summed E-state index contributed by atoms with van der Waals surface area (Å²) < 4.78 is 2.09. The first-order chi connectivity index (χ1) is 8.24. The van der Waals surface area contributed by atoms with Crippen LogP contribution in [0.5, 0.6) is 0 Å². The van der Waals surface area contributed by atoms with Crippen molar-refractivity contribution in [3.8, 4) is 0 Å². The van der Waals surface area contributed by atoms with Crippen LogP contribution in [0.4, 0.5) is 5.69 Å². The summed E-state index contributed by atoms with van der Waals surface area (Å²) in [6.45, 7) is 5.99. The van der Waals surface area contributed by atoms with E-state index >= 15 is 0 Å². The first-order valence-corrected chi connectivity index (χ1v) is 5.89. The molecular formula is C13H18N4. The maximum atomic E-state index is 4.35. The van der Waals surface area contributed by atoms with Crippen LogP contribution in [-0.4, -0.2) is 21.1 Å². The lowest BCUT2D eigenvalue weighted by molar-refractivity contribution is 0.660. The maximum Gasteiger partial charge on any atom is 0.0945 e. The molecule has 17 heavy (non-hydrogen) atoms. The summed E-state index contributed by atoms with van der Waals surface area (Å²) >= 11 is 0. The minimum absolute atomic E-state index is 0.959. The second kappa shape index (κ2) is 5.48. The van der Waals surface area contributed by atoms with E-state index < -0.39 is 0 Å². The van der Waals surface area contributed by atoms with Gasteiger partial charge in [0.1, 0.15) is 0 Å². The fraction of sp³-hybridized carbons (Fsp3) is 0.385. The summed E-state index contributed by atoms with van der Waals surface area (Å²) in [6, 6.07) is 4.15. The Hall–Kier alpha value is -1.84. The third kappa shape index (κ3) is 3.59. The molecule has 0 radical (unpaired) electrons. The number of imidazole rings is 1. The number of anilines is 1. The van der Waals surface area contributed by atoms with Crippen LogP contribution in [0.2, 0.25) is 0 Å². The Morgan fingerprint density at radius 2 is 2.00 bits per heavy atom. The molecule has 0 spiro atoms. The molecule has 0 amide bonds. The summed E-state index contributed by atoms with van der Waals surface area (Å²) in [5.41, 5.74) is 3.27. The minimum atomic E-state index is 0.959. The van der Waals surface area contributed by atoms with Crippen molar-refractivity contribution in [2.75, 3.05) is 11.9 Å². The standard InChI is InChI=1S/C13H18N4/c1-11-8-13(9-12(2)16-11)15-4-3-6-17-7-5-14-10-17/h5,7-10H,3-4,6H2,1-2H3,(H,15,16). The van der Waals surface area contributed by atoms with Gasteiger partial charge in [0.05, 0.1) is 6.33 Å². The van der Waals surface area contributed by atoms with Crippen LogP contribution >= 0.6 is 0 Å². The molecule has 0 fully saturated rings. The van der Waals surface area contributed by atoms with Crippen LogP contribution in [0.3, 0.4) is 0 Å². The van der Waals surface area contributed by atoms with Crippen molar-refractivity contribution < 1.29 is 0 Å². The molecule has 2 rings (SSSR count). The molecule has 4 heteroatoms. The Bertz CT molecular complexity index is 442. The molecule has 0 saturated carbocycles. The third-order valence-electron chi connectivity index (χ3n) is 2.56. The van der Waals surface area contributed by atoms with Crippen molar-refractivity contribution in [1.29, 1.82) is 0 Å². The van der Waals surface area contributed by atoms with E-state index in [9.17, 15) is 0 Å². The van der Waals surface area contributed by atoms with E-state index in [1.807, 2.05) is 32.6 Å². The van der Waals surface area contributed by atoms with Gasteiger partial charge in [-0.2, -0.15) is 0 Å². The zero-order chi connectivity index (χ0) is 12.1. The number of pyridine rings is 1. The predicted molar refractivity (Wildman–Crippen MR) is 69.0 cm³/mol. The molecule has 0 aromatic carbocycles. The maximum absolute atomic E-state index is 4.35. The van der Waals surface area contributed by atoms with Crippen molar-refractivity contribution in [2.45, 2.75) is 26.8 Å². The molecular weight excluding hydrogens is 212 g/mol. The molecule has 0 aliphatic carbocycles. The lowest BCUT2D eigenvalue weighted by atomic mass is 10.2. The van der Waals surface area contributed by atoms with Gasteiger partial charge < -0.3 is 9.88 Å². The highest BCUT2D eigenvalue weighted by Crippen LogP contribution is 2.10. The molecule has 2 heterocycles. The van der Waals surface area contributed by atoms with Gasteiger partial charge in [0, 0.05) is 42.6 Å². The Labute approximate surface area is 102 Å². The SMILES string of the molecule is Cc1cc(NCCCn2ccnc2)cc(C)n1. The van der Waals surface area contributed by atoms with Gasteiger partial charge in [-0.3, -0.25) is 4.98 Å². The number of aryl methyl sites for hydroxylation is 3. The van der Waals surface area contributed by atoms with E-state index in [0.29, 0.717) is 0 Å². The average molecular weight is 230 g/mol. The molecule has 0 aliphatic rings. The summed E-state index contributed by atoms with van der Waals surface area (Å²) in [7, 11) is 0. The van der Waals surface area contributed by atoms with Crippen molar-refractivity contribution in [3.63, 3.8) is 0 Å². The zero-order valence-electron chi connectivity index (χ0n) is 10.3. The van der Waals surface area contributed by atoms with E-state index in [2.05, 4.69) is 32.0 Å². The van der Waals surface area contributed by atoms with Gasteiger partial charge in [0.2, 0.25) is 0 Å². The van der Waals surface area contributed by atoms with E-state index in [1.54, 1.807) is 0 Å². The molecule has 2 aromatic heterocycles. The molecule has 1 N–H and O–H groups in total. The number of hydrogen-bond acceptors (Lipinski definition) is 3. The summed E-state index contributed by atoms with van der Waals surface area (Å²) in [5, 5.41) is 3.42. The van der Waals surface area contributed by atoms with Crippen LogP contribution < -0.4 is 5.32 Å². The molecule has 0 aliphatic heterocycles. The zero-order valence-corrected chi connectivity index (χ0v) is 10.3. The van der Waals surface area contributed by atoms with Crippen LogP contribution in [0.25, 0.3) is 0 Å². The fourth-order valence-corrected chi connectivity index (χ4v) is 1.85. The quantitative estimate of drug-likeness (QED) is 0.802. The lowest BCUT2D eigenvalue weighted by Crippen LogP contribution is -2.06. The van der Waals surface area contributed by atoms with Gasteiger partial charge in [0.25, 0.3) is 0 Å². The number of nitrogens with zero attached hydrogens (tertiary/aromatic N) is 3. The Balaban J connectivity index is 1.78. The second-order valence-corrected chi connectivity index (χ2v) is 4.22. The van der Waals surface area contributed by atoms with E-state index in [1.165, 1.54) is 0 Å². The van der Waals surface area contributed by atoms with E-state index in [0.717, 1.165) is 36.6 Å². The first-order valence-electron chi connectivity index (χ1n) is 5.89. The Kier molecular flexibility index (Phi) is 3.75. The van der Waals surface area contributed by atoms with Crippen molar-refractivity contribution in [3.05, 3.63) is 42.2 Å². The van der Waals surface area contributed by atoms with E-state index in [-0.39, 0.29) is 0 Å². The lowest BCUT2D eigenvalue weighted by Gasteiger charge is -2.08. The smallest absolute Gasteiger partial charge is 0.0945 e. The predicted octanol–water partition coefficient (Wildman–Crippen LogP) is 2.40. The van der Waals surface area contributed by atoms with E-state index in [4.69, 9.17) is 0 Å². The van der Waals surface area contributed by atoms with Gasteiger partial charge in [-0.1, -0.05) is 0 Å². The number of hydrogen-bond donors (Lipinski definition) is 1. The molecule has 90 valence electrons. The second-order valence-electron chi connectivity index (χ2n) is 4.22. The summed E-state index contributed by atoms with van der Waals surface area (Å²) in [6.07, 6.45) is 6.72. The fourth-order valence-electron chi connectivity index (χ4n) is 1.85. The molecule has 2 aromatic rings. The monoisotopic (exact) mass is 230 g/mol. The number of rotatable bonds is 5. The molecule has 0 saturated heterocycles. The van der Waals surface area contributed by atoms with Gasteiger partial charge >= 0.3 is 0 Å². The normalized spacial score (nSPS) is 10.5. The van der Waals surface area contributed by atoms with Gasteiger partial charge in [0.15, 0.2) is 0 Å². The largest absolute Gasteiger partial charge is 0.385 e. The highest BCUT2D eigenvalue weighted by Gasteiger charge is 1.96. The molecule has 0 atom stereocenters. The third-order valence-corrected chi connectivity index (χ3v) is 2.56. The van der Waals surface area contributed by atoms with Crippen LogP contribution in [-0.2, 0) is 6.54 Å². The van der Waals surface area contributed by atoms with Crippen molar-refractivity contribution in [1.82, 2.24) is 14.5 Å².